The number of rotatable bonds is 9. The minimum atomic E-state index is -1.79. The van der Waals surface area contributed by atoms with Crippen molar-refractivity contribution in [2.75, 3.05) is 13.1 Å². The Morgan fingerprint density at radius 3 is 1.26 bits per heavy atom. The summed E-state index contributed by atoms with van der Waals surface area (Å²) in [6.07, 6.45) is -1.24. The van der Waals surface area contributed by atoms with Gasteiger partial charge in [-0.3, -0.25) is 4.90 Å². The molecule has 0 bridgehead atoms. The Bertz CT molecular complexity index is 354. The molecule has 0 aromatic heterocycles. The van der Waals surface area contributed by atoms with E-state index in [0.29, 0.717) is 4.90 Å². The smallest absolute Gasteiger partial charge is 0.550 e. The summed E-state index contributed by atoms with van der Waals surface area (Å²) in [5.41, 5.74) is 0. The Morgan fingerprint density at radius 2 is 1.04 bits per heavy atom. The Morgan fingerprint density at radius 1 is 0.696 bits per heavy atom. The summed E-state index contributed by atoms with van der Waals surface area (Å²) in [4.78, 5) is 42.1. The van der Waals surface area contributed by atoms with Gasteiger partial charge in [0.1, 0.15) is 0 Å². The first-order valence-corrected chi connectivity index (χ1v) is 4.78. The van der Waals surface area contributed by atoms with Gasteiger partial charge in [0.15, 0.2) is 0 Å². The maximum absolute atomic E-state index is 10.7. The van der Waals surface area contributed by atoms with E-state index in [1.165, 1.54) is 0 Å². The van der Waals surface area contributed by atoms with Crippen LogP contribution in [0.2, 0.25) is 0 Å². The fraction of sp³-hybridized carbons (Fsp3) is 0.556. The largest absolute Gasteiger partial charge is 1.00 e. The first-order valence-electron chi connectivity index (χ1n) is 4.78. The number of carboxylic acid groups (broad SMARTS) is 4. The SMILES string of the molecule is O=C([O-])CC[C@@H](C(=O)[O-])N(CC(=O)[O-])CC(=O)[O-].[Na+].[Na+].[Na+].[Na+].[Na+]. The minimum absolute atomic E-state index is 0. The zero-order valence-corrected chi connectivity index (χ0v) is 24.1. The molecule has 0 amide bonds. The van der Waals surface area contributed by atoms with Crippen LogP contribution < -0.4 is 168 Å². The maximum Gasteiger partial charge on any atom is 1.00 e. The van der Waals surface area contributed by atoms with E-state index >= 15 is 0 Å². The Hall–Kier alpha value is 2.84. The number of hydrogen-bond donors (Lipinski definition) is 0. The first-order chi connectivity index (χ1) is 8.23. The molecule has 9 nitrogen and oxygen atoms in total. The van der Waals surface area contributed by atoms with Gasteiger partial charge in [-0.05, 0) is 12.8 Å². The van der Waals surface area contributed by atoms with Gasteiger partial charge in [0, 0.05) is 19.1 Å². The van der Waals surface area contributed by atoms with Crippen LogP contribution in [0.25, 0.3) is 0 Å². The molecule has 0 aromatic carbocycles. The molecule has 102 valence electrons. The third-order valence-corrected chi connectivity index (χ3v) is 2.00. The van der Waals surface area contributed by atoms with Gasteiger partial charge in [0.2, 0.25) is 0 Å². The fourth-order valence-electron chi connectivity index (χ4n) is 1.31. The molecule has 0 aliphatic rings. The van der Waals surface area contributed by atoms with E-state index in [0.717, 1.165) is 0 Å². The van der Waals surface area contributed by atoms with Crippen LogP contribution >= 0.6 is 0 Å². The summed E-state index contributed by atoms with van der Waals surface area (Å²) < 4.78 is 0. The predicted octanol–water partition coefficient (Wildman–Crippen LogP) is -21.5. The Balaban J connectivity index is -0.000000144. The number of carboxylic acids is 4. The van der Waals surface area contributed by atoms with Crippen molar-refractivity contribution < 1.29 is 187 Å². The molecule has 0 aliphatic carbocycles. The Kier molecular flexibility index (Phi) is 40.3. The second kappa shape index (κ2) is 22.9. The summed E-state index contributed by atoms with van der Waals surface area (Å²) in [5.74, 6) is -6.77. The van der Waals surface area contributed by atoms with Gasteiger partial charge in [-0.1, -0.05) is 0 Å². The van der Waals surface area contributed by atoms with E-state index in [-0.39, 0.29) is 148 Å². The third-order valence-electron chi connectivity index (χ3n) is 2.00. The van der Waals surface area contributed by atoms with Crippen LogP contribution in [0, 0.1) is 0 Å². The molecular weight excluding hydrogens is 365 g/mol. The van der Waals surface area contributed by atoms with E-state index in [4.69, 9.17) is 0 Å². The van der Waals surface area contributed by atoms with Crippen LogP contribution in [0.3, 0.4) is 0 Å². The van der Waals surface area contributed by atoms with E-state index in [1.807, 2.05) is 0 Å². The average Bonchev–Trinajstić information content (AvgIpc) is 2.14. The van der Waals surface area contributed by atoms with Crippen molar-refractivity contribution in [3.8, 4) is 0 Å². The second-order valence-corrected chi connectivity index (χ2v) is 3.39. The normalized spacial score (nSPS) is 9.43. The number of nitrogens with zero attached hydrogens (tertiary/aromatic N) is 1. The van der Waals surface area contributed by atoms with Gasteiger partial charge in [-0.15, -0.1) is 0 Å². The van der Waals surface area contributed by atoms with Gasteiger partial charge in [0.05, 0.1) is 23.9 Å². The molecule has 1 atom stereocenters. The predicted molar refractivity (Wildman–Crippen MR) is 44.6 cm³/mol. The zero-order chi connectivity index (χ0) is 14.3. The van der Waals surface area contributed by atoms with Crippen molar-refractivity contribution in [1.29, 1.82) is 0 Å². The maximum atomic E-state index is 10.7. The number of hydrogen-bond acceptors (Lipinski definition) is 9. The zero-order valence-electron chi connectivity index (χ0n) is 14.1. The summed E-state index contributed by atoms with van der Waals surface area (Å²) in [6, 6.07) is -1.70. The number of carbonyl (C=O) groups excluding carboxylic acids is 4. The molecule has 0 saturated heterocycles. The van der Waals surface area contributed by atoms with E-state index < -0.39 is 55.9 Å². The van der Waals surface area contributed by atoms with Gasteiger partial charge in [-0.2, -0.15) is 0 Å². The van der Waals surface area contributed by atoms with Gasteiger partial charge < -0.3 is 39.6 Å². The molecule has 0 aromatic rings. The molecule has 0 fully saturated rings. The first kappa shape index (κ1) is 40.5. The van der Waals surface area contributed by atoms with Crippen LogP contribution in [-0.4, -0.2) is 47.9 Å². The summed E-state index contributed by atoms with van der Waals surface area (Å²) >= 11 is 0. The van der Waals surface area contributed by atoms with Gasteiger partial charge in [-0.25, -0.2) is 0 Å². The summed E-state index contributed by atoms with van der Waals surface area (Å²) in [6.45, 7) is -2.00. The molecule has 0 heterocycles. The van der Waals surface area contributed by atoms with Crippen molar-refractivity contribution in [2.24, 2.45) is 0 Å². The average molecular weight is 374 g/mol. The fourth-order valence-corrected chi connectivity index (χ4v) is 1.31. The quantitative estimate of drug-likeness (QED) is 0.356. The minimum Gasteiger partial charge on any atom is -0.550 e. The molecule has 0 spiro atoms. The Labute approximate surface area is 243 Å². The molecule has 23 heavy (non-hydrogen) atoms. The van der Waals surface area contributed by atoms with Crippen molar-refractivity contribution in [3.63, 3.8) is 0 Å². The molecule has 0 radical (unpaired) electrons. The van der Waals surface area contributed by atoms with Crippen molar-refractivity contribution in [3.05, 3.63) is 0 Å². The summed E-state index contributed by atoms with van der Waals surface area (Å²) in [5, 5.41) is 41.6. The molecule has 0 N–H and O–H groups in total. The third kappa shape index (κ3) is 22.8. The van der Waals surface area contributed by atoms with Crippen molar-refractivity contribution >= 4 is 23.9 Å². The van der Waals surface area contributed by atoms with E-state index in [1.54, 1.807) is 0 Å². The number of carbonyl (C=O) groups is 4. The summed E-state index contributed by atoms with van der Waals surface area (Å²) in [7, 11) is 0. The molecule has 0 rings (SSSR count). The van der Waals surface area contributed by atoms with Crippen LogP contribution in [0.15, 0.2) is 0 Å². The van der Waals surface area contributed by atoms with Crippen molar-refractivity contribution in [1.82, 2.24) is 4.90 Å². The van der Waals surface area contributed by atoms with Gasteiger partial charge in [0.25, 0.3) is 0 Å². The van der Waals surface area contributed by atoms with Crippen LogP contribution in [-0.2, 0) is 19.2 Å². The second-order valence-electron chi connectivity index (χ2n) is 3.39. The van der Waals surface area contributed by atoms with Crippen LogP contribution in [0.5, 0.6) is 0 Å². The topological polar surface area (TPSA) is 164 Å². The van der Waals surface area contributed by atoms with Crippen molar-refractivity contribution in [2.45, 2.75) is 18.9 Å². The monoisotopic (exact) mass is 374 g/mol. The van der Waals surface area contributed by atoms with E-state index in [2.05, 4.69) is 0 Å². The van der Waals surface area contributed by atoms with Crippen LogP contribution in [0.4, 0.5) is 0 Å². The van der Waals surface area contributed by atoms with Gasteiger partial charge >= 0.3 is 148 Å². The standard InChI is InChI=1S/C9H13NO8.5Na/c11-6(12)2-1-5(9(17)18)10(3-7(13)14)4-8(15)16;;;;;/h5H,1-4H2,(H,11,12)(H,13,14)(H,15,16)(H,17,18);;;;;/q;5*+1/p-4/t5-;;;;;/m0...../s1. The molecule has 14 heteroatoms. The molecular formula is C9H9NNa5O8+. The number of aliphatic carboxylic acids is 4. The molecule has 0 unspecified atom stereocenters. The molecule has 0 aliphatic heterocycles. The molecule has 0 saturated carbocycles. The van der Waals surface area contributed by atoms with Crippen LogP contribution in [0.1, 0.15) is 12.8 Å². The van der Waals surface area contributed by atoms with E-state index in [9.17, 15) is 39.6 Å².